The first kappa shape index (κ1) is 23.4. The minimum absolute atomic E-state index is 0.0758. The lowest BCUT2D eigenvalue weighted by molar-refractivity contribution is -0.139. The maximum Gasteiger partial charge on any atom is 0.407 e. The van der Waals surface area contributed by atoms with Crippen LogP contribution in [0, 0.1) is 0 Å². The summed E-state index contributed by atoms with van der Waals surface area (Å²) in [6, 6.07) is 19.8. The van der Waals surface area contributed by atoms with Gasteiger partial charge in [-0.3, -0.25) is 0 Å². The van der Waals surface area contributed by atoms with E-state index in [0.29, 0.717) is 0 Å². The van der Waals surface area contributed by atoms with E-state index in [0.717, 1.165) is 33.4 Å². The van der Waals surface area contributed by atoms with E-state index >= 15 is 0 Å². The predicted molar refractivity (Wildman–Crippen MR) is 130 cm³/mol. The second-order valence-corrected chi connectivity index (χ2v) is 9.66. The second-order valence-electron chi connectivity index (χ2n) is 9.66. The standard InChI is InChI=1S/C28H29NO5/c1-28(2,3)24-15-18(30)13-12-17(24)14-25(26(31)32)29-27(33)34-16-23-21-10-6-4-8-19(21)20-9-5-7-11-22(20)23/h4-13,15,23,25,30H,14,16H2,1-3H3,(H,29,33)(H,31,32)/t25-/m0/s1. The maximum atomic E-state index is 12.6. The summed E-state index contributed by atoms with van der Waals surface area (Å²) < 4.78 is 5.52. The molecule has 34 heavy (non-hydrogen) atoms. The maximum absolute atomic E-state index is 12.6. The van der Waals surface area contributed by atoms with E-state index in [2.05, 4.69) is 17.4 Å². The fraction of sp³-hybridized carbons (Fsp3) is 0.286. The van der Waals surface area contributed by atoms with Crippen LogP contribution in [-0.4, -0.2) is 34.9 Å². The van der Waals surface area contributed by atoms with Crippen molar-refractivity contribution in [2.45, 2.75) is 44.6 Å². The molecule has 0 saturated carbocycles. The quantitative estimate of drug-likeness (QED) is 0.469. The molecule has 6 nitrogen and oxygen atoms in total. The van der Waals surface area contributed by atoms with E-state index in [1.54, 1.807) is 12.1 Å². The summed E-state index contributed by atoms with van der Waals surface area (Å²) in [5.41, 5.74) is 5.69. The summed E-state index contributed by atoms with van der Waals surface area (Å²) in [7, 11) is 0. The number of nitrogens with one attached hydrogen (secondary N) is 1. The van der Waals surface area contributed by atoms with Gasteiger partial charge in [-0.15, -0.1) is 0 Å². The topological polar surface area (TPSA) is 95.9 Å². The van der Waals surface area contributed by atoms with Gasteiger partial charge in [-0.05, 0) is 50.9 Å². The highest BCUT2D eigenvalue weighted by molar-refractivity contribution is 5.81. The number of phenols is 1. The highest BCUT2D eigenvalue weighted by Gasteiger charge is 2.30. The molecule has 0 fully saturated rings. The van der Waals surface area contributed by atoms with Gasteiger partial charge >= 0.3 is 12.1 Å². The second kappa shape index (κ2) is 9.21. The number of hydrogen-bond acceptors (Lipinski definition) is 4. The van der Waals surface area contributed by atoms with Crippen molar-refractivity contribution < 1.29 is 24.5 Å². The van der Waals surface area contributed by atoms with Crippen LogP contribution >= 0.6 is 0 Å². The average molecular weight is 460 g/mol. The number of ether oxygens (including phenoxy) is 1. The lowest BCUT2D eigenvalue weighted by atomic mass is 9.82. The third-order valence-electron chi connectivity index (χ3n) is 6.26. The molecule has 0 heterocycles. The molecule has 0 aliphatic heterocycles. The van der Waals surface area contributed by atoms with Gasteiger partial charge < -0.3 is 20.3 Å². The number of phenolic OH excluding ortho intramolecular Hbond substituents is 1. The van der Waals surface area contributed by atoms with Gasteiger partial charge in [0.2, 0.25) is 0 Å². The summed E-state index contributed by atoms with van der Waals surface area (Å²) in [6.45, 7) is 6.07. The molecule has 1 aliphatic carbocycles. The van der Waals surface area contributed by atoms with Crippen molar-refractivity contribution in [2.24, 2.45) is 0 Å². The van der Waals surface area contributed by atoms with Gasteiger partial charge in [0.25, 0.3) is 0 Å². The number of hydrogen-bond donors (Lipinski definition) is 3. The van der Waals surface area contributed by atoms with E-state index in [4.69, 9.17) is 4.74 Å². The fourth-order valence-electron chi connectivity index (χ4n) is 4.64. The summed E-state index contributed by atoms with van der Waals surface area (Å²) in [6.07, 6.45) is -0.697. The van der Waals surface area contributed by atoms with Crippen molar-refractivity contribution >= 4 is 12.1 Å². The van der Waals surface area contributed by atoms with Crippen molar-refractivity contribution in [1.29, 1.82) is 0 Å². The van der Waals surface area contributed by atoms with Crippen molar-refractivity contribution in [3.63, 3.8) is 0 Å². The molecule has 4 rings (SSSR count). The Hall–Kier alpha value is -3.80. The van der Waals surface area contributed by atoms with Crippen LogP contribution in [0.1, 0.15) is 48.9 Å². The van der Waals surface area contributed by atoms with Crippen LogP contribution in [-0.2, 0) is 21.4 Å². The molecular weight excluding hydrogens is 430 g/mol. The molecule has 0 aromatic heterocycles. The number of aliphatic carboxylic acids is 1. The first-order valence-electron chi connectivity index (χ1n) is 11.3. The van der Waals surface area contributed by atoms with Crippen LogP contribution in [0.2, 0.25) is 0 Å². The van der Waals surface area contributed by atoms with E-state index in [9.17, 15) is 19.8 Å². The van der Waals surface area contributed by atoms with Gasteiger partial charge in [-0.25, -0.2) is 9.59 Å². The highest BCUT2D eigenvalue weighted by Crippen LogP contribution is 2.44. The number of carbonyl (C=O) groups excluding carboxylic acids is 1. The number of fused-ring (bicyclic) bond motifs is 3. The largest absolute Gasteiger partial charge is 0.508 e. The van der Waals surface area contributed by atoms with E-state index in [-0.39, 0.29) is 30.1 Å². The van der Waals surface area contributed by atoms with Crippen LogP contribution in [0.25, 0.3) is 11.1 Å². The molecule has 176 valence electrons. The first-order valence-corrected chi connectivity index (χ1v) is 11.3. The Labute approximate surface area is 199 Å². The lowest BCUT2D eigenvalue weighted by Crippen LogP contribution is -2.43. The van der Waals surface area contributed by atoms with Crippen molar-refractivity contribution in [3.8, 4) is 16.9 Å². The number of alkyl carbamates (subject to hydrolysis) is 1. The van der Waals surface area contributed by atoms with E-state index in [1.807, 2.05) is 57.2 Å². The molecule has 1 amide bonds. The molecule has 0 bridgehead atoms. The van der Waals surface area contributed by atoms with Gasteiger partial charge in [-0.2, -0.15) is 0 Å². The molecule has 0 spiro atoms. The molecule has 1 atom stereocenters. The van der Waals surface area contributed by atoms with Crippen LogP contribution < -0.4 is 5.32 Å². The summed E-state index contributed by atoms with van der Waals surface area (Å²) in [5.74, 6) is -1.14. The molecule has 3 aromatic carbocycles. The zero-order valence-electron chi connectivity index (χ0n) is 19.5. The zero-order chi connectivity index (χ0) is 24.5. The van der Waals surface area contributed by atoms with Gasteiger partial charge in [0.1, 0.15) is 18.4 Å². The van der Waals surface area contributed by atoms with Crippen LogP contribution in [0.5, 0.6) is 5.75 Å². The minimum atomic E-state index is -1.17. The van der Waals surface area contributed by atoms with Gasteiger partial charge in [0, 0.05) is 12.3 Å². The van der Waals surface area contributed by atoms with Crippen molar-refractivity contribution in [1.82, 2.24) is 5.32 Å². The van der Waals surface area contributed by atoms with Gasteiger partial charge in [0.05, 0.1) is 0 Å². The molecule has 0 radical (unpaired) electrons. The zero-order valence-corrected chi connectivity index (χ0v) is 19.5. The molecule has 1 aliphatic rings. The Morgan fingerprint density at radius 1 is 0.971 bits per heavy atom. The van der Waals surface area contributed by atoms with E-state index in [1.165, 1.54) is 6.07 Å². The average Bonchev–Trinajstić information content (AvgIpc) is 3.11. The molecule has 6 heteroatoms. The Bertz CT molecular complexity index is 1180. The molecule has 3 N–H and O–H groups in total. The summed E-state index contributed by atoms with van der Waals surface area (Å²) >= 11 is 0. The van der Waals surface area contributed by atoms with Crippen LogP contribution in [0.15, 0.2) is 66.7 Å². The Kier molecular flexibility index (Phi) is 6.33. The monoisotopic (exact) mass is 459 g/mol. The Balaban J connectivity index is 1.47. The van der Waals surface area contributed by atoms with Crippen molar-refractivity contribution in [2.75, 3.05) is 6.61 Å². The van der Waals surface area contributed by atoms with Crippen LogP contribution in [0.4, 0.5) is 4.79 Å². The number of carboxylic acids is 1. The number of aromatic hydroxyl groups is 1. The van der Waals surface area contributed by atoms with E-state index < -0.39 is 18.1 Å². The molecular formula is C28H29NO5. The van der Waals surface area contributed by atoms with Crippen LogP contribution in [0.3, 0.4) is 0 Å². The van der Waals surface area contributed by atoms with Gasteiger partial charge in [-0.1, -0.05) is 75.4 Å². The Morgan fingerprint density at radius 2 is 1.56 bits per heavy atom. The number of rotatable bonds is 6. The predicted octanol–water partition coefficient (Wildman–Crippen LogP) is 5.22. The summed E-state index contributed by atoms with van der Waals surface area (Å²) in [5, 5.41) is 22.2. The molecule has 0 unspecified atom stereocenters. The van der Waals surface area contributed by atoms with Gasteiger partial charge in [0.15, 0.2) is 0 Å². The number of amides is 1. The summed E-state index contributed by atoms with van der Waals surface area (Å²) in [4.78, 5) is 24.6. The first-order chi connectivity index (χ1) is 16.1. The number of carbonyl (C=O) groups is 2. The third-order valence-corrected chi connectivity index (χ3v) is 6.26. The number of benzene rings is 3. The van der Waals surface area contributed by atoms with Crippen molar-refractivity contribution in [3.05, 3.63) is 89.0 Å². The fourth-order valence-corrected chi connectivity index (χ4v) is 4.64. The number of carboxylic acid groups (broad SMARTS) is 1. The molecule has 0 saturated heterocycles. The normalized spacial score (nSPS) is 13.6. The minimum Gasteiger partial charge on any atom is -0.508 e. The molecule has 3 aromatic rings. The highest BCUT2D eigenvalue weighted by atomic mass is 16.5. The Morgan fingerprint density at radius 3 is 2.12 bits per heavy atom. The third kappa shape index (κ3) is 4.76. The SMILES string of the molecule is CC(C)(C)c1cc(O)ccc1C[C@H](NC(=O)OCC1c2ccccc2-c2ccccc21)C(=O)O. The lowest BCUT2D eigenvalue weighted by Gasteiger charge is -2.25. The smallest absolute Gasteiger partial charge is 0.407 e.